The van der Waals surface area contributed by atoms with Crippen LogP contribution in [0.1, 0.15) is 37.7 Å². The predicted octanol–water partition coefficient (Wildman–Crippen LogP) is 5.48. The molecule has 0 bridgehead atoms. The Kier molecular flexibility index (Phi) is 7.80. The van der Waals surface area contributed by atoms with Crippen molar-refractivity contribution in [2.75, 3.05) is 16.4 Å². The minimum absolute atomic E-state index is 0.106. The summed E-state index contributed by atoms with van der Waals surface area (Å²) in [6.07, 6.45) is 8.98. The van der Waals surface area contributed by atoms with Gasteiger partial charge in [-0.3, -0.25) is 15.1 Å². The van der Waals surface area contributed by atoms with Crippen molar-refractivity contribution in [2.24, 2.45) is 0 Å². The molecule has 0 atom stereocenters. The van der Waals surface area contributed by atoms with E-state index in [1.165, 1.54) is 42.6 Å². The molecule has 4 N–H and O–H groups in total. The summed E-state index contributed by atoms with van der Waals surface area (Å²) < 4.78 is 0. The van der Waals surface area contributed by atoms with Crippen LogP contribution < -0.4 is 16.0 Å². The first-order valence-corrected chi connectivity index (χ1v) is 12.2. The maximum absolute atomic E-state index is 11.4. The van der Waals surface area contributed by atoms with Crippen molar-refractivity contribution >= 4 is 45.9 Å². The zero-order valence-corrected chi connectivity index (χ0v) is 19.2. The van der Waals surface area contributed by atoms with Crippen LogP contribution in [0.5, 0.6) is 0 Å². The fourth-order valence-electron chi connectivity index (χ4n) is 4.16. The van der Waals surface area contributed by atoms with Crippen molar-refractivity contribution in [3.05, 3.63) is 60.4 Å². The first-order chi connectivity index (χ1) is 16.1. The van der Waals surface area contributed by atoms with Gasteiger partial charge in [0, 0.05) is 40.6 Å². The lowest BCUT2D eigenvalue weighted by molar-refractivity contribution is -0.113. The van der Waals surface area contributed by atoms with Crippen LogP contribution in [-0.4, -0.2) is 33.9 Å². The second-order valence-electron chi connectivity index (χ2n) is 8.22. The lowest BCUT2D eigenvalue weighted by Crippen LogP contribution is -2.30. The van der Waals surface area contributed by atoms with Gasteiger partial charge >= 0.3 is 6.09 Å². The quantitative estimate of drug-likeness (QED) is 0.408. The lowest BCUT2D eigenvalue weighted by atomic mass is 9.95. The molecule has 2 aliphatic rings. The molecule has 0 saturated heterocycles. The first-order valence-electron chi connectivity index (χ1n) is 11.2. The van der Waals surface area contributed by atoms with Crippen LogP contribution in [0.2, 0.25) is 0 Å². The molecule has 172 valence electrons. The lowest BCUT2D eigenvalue weighted by Gasteiger charge is -2.23. The van der Waals surface area contributed by atoms with E-state index in [2.05, 4.69) is 39.1 Å². The van der Waals surface area contributed by atoms with E-state index < -0.39 is 6.09 Å². The Morgan fingerprint density at radius 1 is 1.15 bits per heavy atom. The van der Waals surface area contributed by atoms with Crippen LogP contribution in [0.15, 0.2) is 59.8 Å². The van der Waals surface area contributed by atoms with E-state index in [0.29, 0.717) is 17.5 Å². The Balaban J connectivity index is 0.000000165. The Morgan fingerprint density at radius 2 is 2.00 bits per heavy atom. The van der Waals surface area contributed by atoms with Crippen LogP contribution in [0.4, 0.5) is 16.2 Å². The van der Waals surface area contributed by atoms with Crippen LogP contribution >= 0.6 is 11.8 Å². The molecule has 1 saturated carbocycles. The average Bonchev–Trinajstić information content (AvgIpc) is 2.83. The van der Waals surface area contributed by atoms with Crippen molar-refractivity contribution in [2.45, 2.75) is 49.6 Å². The number of rotatable bonds is 4. The molecule has 0 radical (unpaired) electrons. The minimum Gasteiger partial charge on any atom is -0.465 e. The summed E-state index contributed by atoms with van der Waals surface area (Å²) in [5, 5.41) is 19.3. The topological polar surface area (TPSA) is 103 Å². The zero-order chi connectivity index (χ0) is 23.0. The van der Waals surface area contributed by atoms with Gasteiger partial charge in [0.25, 0.3) is 0 Å². The van der Waals surface area contributed by atoms with E-state index >= 15 is 0 Å². The number of hydrogen-bond acceptors (Lipinski definition) is 5. The van der Waals surface area contributed by atoms with Gasteiger partial charge < -0.3 is 15.7 Å². The second-order valence-corrected chi connectivity index (χ2v) is 9.23. The maximum atomic E-state index is 11.4. The SMILES string of the molecule is O=C(O)Nc1cccc2cnccc12.O=C1CSc2ccc(CNC3CCCCC3)cc2N1. The summed E-state index contributed by atoms with van der Waals surface area (Å²) in [6, 6.07) is 14.2. The number of thioether (sulfide) groups is 1. The molecule has 7 nitrogen and oxygen atoms in total. The molecule has 8 heteroatoms. The molecule has 0 unspecified atom stereocenters. The largest absolute Gasteiger partial charge is 0.465 e. The number of fused-ring (bicyclic) bond motifs is 2. The molecule has 1 aromatic heterocycles. The van der Waals surface area contributed by atoms with E-state index in [1.54, 1.807) is 42.4 Å². The van der Waals surface area contributed by atoms with Gasteiger partial charge in [-0.05, 0) is 42.7 Å². The molecule has 1 aliphatic carbocycles. The Bertz CT molecular complexity index is 1130. The number of hydrogen-bond donors (Lipinski definition) is 4. The molecule has 33 heavy (non-hydrogen) atoms. The maximum Gasteiger partial charge on any atom is 0.409 e. The van der Waals surface area contributed by atoms with Crippen molar-refractivity contribution in [1.29, 1.82) is 0 Å². The van der Waals surface area contributed by atoms with Gasteiger partial charge in [-0.15, -0.1) is 11.8 Å². The first kappa shape index (κ1) is 23.1. The van der Waals surface area contributed by atoms with Gasteiger partial charge in [0.15, 0.2) is 0 Å². The van der Waals surface area contributed by atoms with Crippen molar-refractivity contribution in [1.82, 2.24) is 10.3 Å². The van der Waals surface area contributed by atoms with Gasteiger partial charge in [0.2, 0.25) is 5.91 Å². The summed E-state index contributed by atoms with van der Waals surface area (Å²) in [6.45, 7) is 0.901. The predicted molar refractivity (Wildman–Crippen MR) is 133 cm³/mol. The highest BCUT2D eigenvalue weighted by molar-refractivity contribution is 8.00. The van der Waals surface area contributed by atoms with Crippen molar-refractivity contribution in [3.63, 3.8) is 0 Å². The third-order valence-electron chi connectivity index (χ3n) is 5.80. The molecule has 2 amide bonds. The number of benzene rings is 2. The number of nitrogens with zero attached hydrogens (tertiary/aromatic N) is 1. The van der Waals surface area contributed by atoms with E-state index in [0.717, 1.165) is 23.0 Å². The van der Waals surface area contributed by atoms with Crippen LogP contribution in [0.25, 0.3) is 10.8 Å². The van der Waals surface area contributed by atoms with Crippen molar-refractivity contribution in [3.8, 4) is 0 Å². The molecule has 5 rings (SSSR count). The monoisotopic (exact) mass is 464 g/mol. The average molecular weight is 465 g/mol. The Labute approximate surface area is 197 Å². The van der Waals surface area contributed by atoms with Crippen LogP contribution in [-0.2, 0) is 11.3 Å². The number of carbonyl (C=O) groups is 2. The van der Waals surface area contributed by atoms with E-state index in [-0.39, 0.29) is 5.91 Å². The summed E-state index contributed by atoms with van der Waals surface area (Å²) in [5.74, 6) is 0.641. The fourth-order valence-corrected chi connectivity index (χ4v) is 4.94. The van der Waals surface area contributed by atoms with Crippen LogP contribution in [0, 0.1) is 0 Å². The molecular formula is C25H28N4O3S. The molecular weight excluding hydrogens is 436 g/mol. The highest BCUT2D eigenvalue weighted by Crippen LogP contribution is 2.32. The van der Waals surface area contributed by atoms with E-state index in [9.17, 15) is 9.59 Å². The third-order valence-corrected chi connectivity index (χ3v) is 6.87. The summed E-state index contributed by atoms with van der Waals surface area (Å²) in [4.78, 5) is 27.0. The molecule has 1 aliphatic heterocycles. The summed E-state index contributed by atoms with van der Waals surface area (Å²) in [7, 11) is 0. The number of aromatic nitrogens is 1. The minimum atomic E-state index is -1.06. The number of anilines is 2. The molecule has 3 aromatic rings. The standard InChI is InChI=1S/C15H20N2OS.C10H8N2O2/c18-15-10-19-14-7-6-11(8-13(14)17-15)9-16-12-4-2-1-3-5-12;13-10(14)12-9-3-1-2-7-6-11-5-4-8(7)9/h6-8,12,16H,1-5,9-10H2,(H,17,18);1-6,12H,(H,13,14). The number of pyridine rings is 1. The number of amides is 2. The number of nitrogens with one attached hydrogen (secondary N) is 3. The van der Waals surface area contributed by atoms with Gasteiger partial charge in [-0.25, -0.2) is 4.79 Å². The van der Waals surface area contributed by atoms with Gasteiger partial charge in [0.05, 0.1) is 17.1 Å². The smallest absolute Gasteiger partial charge is 0.409 e. The number of carboxylic acid groups (broad SMARTS) is 1. The summed E-state index contributed by atoms with van der Waals surface area (Å²) in [5.41, 5.74) is 2.81. The molecule has 1 fully saturated rings. The van der Waals surface area contributed by atoms with E-state index in [4.69, 9.17) is 5.11 Å². The Hall–Kier alpha value is -3.10. The number of carbonyl (C=O) groups excluding carboxylic acids is 1. The van der Waals surface area contributed by atoms with E-state index in [1.807, 2.05) is 6.07 Å². The van der Waals surface area contributed by atoms with Gasteiger partial charge in [-0.1, -0.05) is 37.5 Å². The molecule has 0 spiro atoms. The Morgan fingerprint density at radius 3 is 2.82 bits per heavy atom. The third kappa shape index (κ3) is 6.46. The highest BCUT2D eigenvalue weighted by Gasteiger charge is 2.16. The van der Waals surface area contributed by atoms with Gasteiger partial charge in [0.1, 0.15) is 0 Å². The van der Waals surface area contributed by atoms with Gasteiger partial charge in [-0.2, -0.15) is 0 Å². The normalized spacial score (nSPS) is 15.7. The van der Waals surface area contributed by atoms with Crippen molar-refractivity contribution < 1.29 is 14.7 Å². The fraction of sp³-hybridized carbons (Fsp3) is 0.320. The summed E-state index contributed by atoms with van der Waals surface area (Å²) >= 11 is 1.62. The molecule has 2 aromatic carbocycles. The zero-order valence-electron chi connectivity index (χ0n) is 18.3. The highest BCUT2D eigenvalue weighted by atomic mass is 32.2. The van der Waals surface area contributed by atoms with Crippen LogP contribution in [0.3, 0.4) is 0 Å². The second kappa shape index (κ2) is 11.2. The molecule has 2 heterocycles.